The molecular weight excluding hydrogens is 234 g/mol. The van der Waals surface area contributed by atoms with Gasteiger partial charge in [-0.25, -0.2) is 4.79 Å². The molecular formula is C13H23NO4. The lowest BCUT2D eigenvalue weighted by Gasteiger charge is -2.36. The quantitative estimate of drug-likeness (QED) is 0.675. The summed E-state index contributed by atoms with van der Waals surface area (Å²) in [6.45, 7) is 8.56. The summed E-state index contributed by atoms with van der Waals surface area (Å²) in [6.07, 6.45) is 0.324. The van der Waals surface area contributed by atoms with Gasteiger partial charge in [0.05, 0.1) is 13.0 Å². The number of amides is 1. The zero-order valence-corrected chi connectivity index (χ0v) is 11.9. The highest BCUT2D eigenvalue weighted by Crippen LogP contribution is 2.25. The van der Waals surface area contributed by atoms with Crippen LogP contribution >= 0.6 is 0 Å². The molecule has 1 heterocycles. The summed E-state index contributed by atoms with van der Waals surface area (Å²) in [5.41, 5.74) is -0.487. The van der Waals surface area contributed by atoms with Crippen LogP contribution in [0.1, 0.15) is 34.1 Å². The maximum Gasteiger partial charge on any atom is 0.410 e. The second-order valence-corrected chi connectivity index (χ2v) is 5.82. The van der Waals surface area contributed by atoms with Crippen LogP contribution in [-0.4, -0.2) is 42.8 Å². The molecule has 1 aliphatic rings. The van der Waals surface area contributed by atoms with Gasteiger partial charge in [0.1, 0.15) is 5.60 Å². The Morgan fingerprint density at radius 3 is 2.33 bits per heavy atom. The number of hydrogen-bond donors (Lipinski definition) is 0. The van der Waals surface area contributed by atoms with Crippen LogP contribution in [0.25, 0.3) is 0 Å². The summed E-state index contributed by atoms with van der Waals surface area (Å²) in [7, 11) is 1.40. The fourth-order valence-corrected chi connectivity index (χ4v) is 2.14. The van der Waals surface area contributed by atoms with Gasteiger partial charge in [-0.1, -0.05) is 6.92 Å². The Kier molecular flexibility index (Phi) is 4.59. The van der Waals surface area contributed by atoms with Crippen molar-refractivity contribution in [3.8, 4) is 0 Å². The zero-order valence-electron chi connectivity index (χ0n) is 11.9. The van der Waals surface area contributed by atoms with Gasteiger partial charge in [0.2, 0.25) is 0 Å². The first kappa shape index (κ1) is 14.8. The minimum atomic E-state index is -0.487. The van der Waals surface area contributed by atoms with Gasteiger partial charge in [-0.3, -0.25) is 4.79 Å². The molecule has 0 radical (unpaired) electrons. The smallest absolute Gasteiger partial charge is 0.410 e. The molecule has 1 saturated heterocycles. The fourth-order valence-electron chi connectivity index (χ4n) is 2.14. The van der Waals surface area contributed by atoms with Crippen molar-refractivity contribution in [2.45, 2.75) is 39.7 Å². The molecule has 0 aromatic heterocycles. The molecule has 0 aliphatic carbocycles. The van der Waals surface area contributed by atoms with E-state index in [-0.39, 0.29) is 23.9 Å². The highest BCUT2D eigenvalue weighted by atomic mass is 16.6. The molecule has 1 aliphatic heterocycles. The molecule has 2 atom stereocenters. The third-order valence-corrected chi connectivity index (χ3v) is 3.06. The molecule has 0 aromatic rings. The number of nitrogens with zero attached hydrogens (tertiary/aromatic N) is 1. The van der Waals surface area contributed by atoms with Gasteiger partial charge in [0, 0.05) is 13.1 Å². The Bertz CT molecular complexity index is 321. The maximum atomic E-state index is 11.9. The highest BCUT2D eigenvalue weighted by molar-refractivity contribution is 5.74. The topological polar surface area (TPSA) is 55.8 Å². The Morgan fingerprint density at radius 1 is 1.28 bits per heavy atom. The number of piperidine rings is 1. The van der Waals surface area contributed by atoms with E-state index in [0.717, 1.165) is 0 Å². The Labute approximate surface area is 108 Å². The van der Waals surface area contributed by atoms with Gasteiger partial charge in [-0.05, 0) is 33.1 Å². The normalized spacial score (nSPS) is 24.6. The zero-order chi connectivity index (χ0) is 13.9. The van der Waals surface area contributed by atoms with E-state index in [1.165, 1.54) is 7.11 Å². The van der Waals surface area contributed by atoms with Gasteiger partial charge in [-0.2, -0.15) is 0 Å². The second-order valence-electron chi connectivity index (χ2n) is 5.82. The molecule has 104 valence electrons. The lowest BCUT2D eigenvalue weighted by atomic mass is 9.87. The average Bonchev–Trinajstić information content (AvgIpc) is 2.25. The predicted octanol–water partition coefficient (Wildman–Crippen LogP) is 2.05. The van der Waals surface area contributed by atoms with Crippen molar-refractivity contribution < 1.29 is 19.1 Å². The second kappa shape index (κ2) is 5.59. The van der Waals surface area contributed by atoms with Crippen LogP contribution in [0.15, 0.2) is 0 Å². The largest absolute Gasteiger partial charge is 0.469 e. The summed E-state index contributed by atoms with van der Waals surface area (Å²) in [5.74, 6) is -0.209. The summed E-state index contributed by atoms with van der Waals surface area (Å²) in [6, 6.07) is 0. The number of carbonyl (C=O) groups is 2. The summed E-state index contributed by atoms with van der Waals surface area (Å²) >= 11 is 0. The van der Waals surface area contributed by atoms with E-state index >= 15 is 0 Å². The molecule has 0 bridgehead atoms. The van der Waals surface area contributed by atoms with Crippen LogP contribution in [-0.2, 0) is 14.3 Å². The Balaban J connectivity index is 2.55. The minimum Gasteiger partial charge on any atom is -0.469 e. The maximum absolute atomic E-state index is 11.9. The van der Waals surface area contributed by atoms with Crippen LogP contribution in [0.5, 0.6) is 0 Å². The molecule has 5 nitrogen and oxygen atoms in total. The van der Waals surface area contributed by atoms with Gasteiger partial charge in [-0.15, -0.1) is 0 Å². The minimum absolute atomic E-state index is 0.0960. The molecule has 1 amide bonds. The van der Waals surface area contributed by atoms with E-state index in [9.17, 15) is 9.59 Å². The average molecular weight is 257 g/mol. The number of likely N-dealkylation sites (tertiary alicyclic amines) is 1. The fraction of sp³-hybridized carbons (Fsp3) is 0.846. The van der Waals surface area contributed by atoms with E-state index in [4.69, 9.17) is 9.47 Å². The standard InChI is InChI=1S/C13H23NO4/c1-9-8-14(12(16)18-13(2,3)4)7-6-10(9)11(15)17-5/h9-10H,6-8H2,1-5H3. The molecule has 5 heteroatoms. The third-order valence-electron chi connectivity index (χ3n) is 3.06. The SMILES string of the molecule is COC(=O)C1CCN(C(=O)OC(C)(C)C)CC1C. The first-order valence-corrected chi connectivity index (χ1v) is 6.30. The van der Waals surface area contributed by atoms with Gasteiger partial charge < -0.3 is 14.4 Å². The molecule has 0 N–H and O–H groups in total. The van der Waals surface area contributed by atoms with Crippen LogP contribution in [0.2, 0.25) is 0 Å². The first-order valence-electron chi connectivity index (χ1n) is 6.30. The summed E-state index contributed by atoms with van der Waals surface area (Å²) < 4.78 is 10.1. The van der Waals surface area contributed by atoms with E-state index in [2.05, 4.69) is 0 Å². The lowest BCUT2D eigenvalue weighted by molar-refractivity contribution is -0.149. The van der Waals surface area contributed by atoms with Crippen molar-refractivity contribution in [1.29, 1.82) is 0 Å². The van der Waals surface area contributed by atoms with Crippen molar-refractivity contribution in [3.05, 3.63) is 0 Å². The van der Waals surface area contributed by atoms with E-state index < -0.39 is 5.60 Å². The molecule has 0 spiro atoms. The number of carbonyl (C=O) groups excluding carboxylic acids is 2. The highest BCUT2D eigenvalue weighted by Gasteiger charge is 2.35. The van der Waals surface area contributed by atoms with Gasteiger partial charge >= 0.3 is 12.1 Å². The van der Waals surface area contributed by atoms with Crippen LogP contribution in [0.4, 0.5) is 4.79 Å². The monoisotopic (exact) mass is 257 g/mol. The van der Waals surface area contributed by atoms with Crippen molar-refractivity contribution >= 4 is 12.1 Å². The van der Waals surface area contributed by atoms with Crippen LogP contribution in [0.3, 0.4) is 0 Å². The predicted molar refractivity (Wildman–Crippen MR) is 67.1 cm³/mol. The summed E-state index contributed by atoms with van der Waals surface area (Å²) in [4.78, 5) is 25.1. The third kappa shape index (κ3) is 3.89. The molecule has 1 rings (SSSR count). The van der Waals surface area contributed by atoms with E-state index in [0.29, 0.717) is 19.5 Å². The van der Waals surface area contributed by atoms with Gasteiger partial charge in [0.25, 0.3) is 0 Å². The van der Waals surface area contributed by atoms with Gasteiger partial charge in [0.15, 0.2) is 0 Å². The van der Waals surface area contributed by atoms with Crippen molar-refractivity contribution in [2.24, 2.45) is 11.8 Å². The Morgan fingerprint density at radius 2 is 1.89 bits per heavy atom. The molecule has 18 heavy (non-hydrogen) atoms. The van der Waals surface area contributed by atoms with Crippen molar-refractivity contribution in [1.82, 2.24) is 4.90 Å². The number of ether oxygens (including phenoxy) is 2. The number of methoxy groups -OCH3 is 1. The van der Waals surface area contributed by atoms with E-state index in [1.807, 2.05) is 27.7 Å². The summed E-state index contributed by atoms with van der Waals surface area (Å²) in [5, 5.41) is 0. The lowest BCUT2D eigenvalue weighted by Crippen LogP contribution is -2.46. The number of hydrogen-bond acceptors (Lipinski definition) is 4. The van der Waals surface area contributed by atoms with Crippen molar-refractivity contribution in [3.63, 3.8) is 0 Å². The van der Waals surface area contributed by atoms with E-state index in [1.54, 1.807) is 4.90 Å². The Hall–Kier alpha value is -1.26. The molecule has 0 saturated carbocycles. The number of esters is 1. The molecule has 2 unspecified atom stereocenters. The molecule has 1 fully saturated rings. The molecule has 0 aromatic carbocycles. The van der Waals surface area contributed by atoms with Crippen molar-refractivity contribution in [2.75, 3.05) is 20.2 Å². The van der Waals surface area contributed by atoms with Crippen LogP contribution in [0, 0.1) is 11.8 Å². The van der Waals surface area contributed by atoms with Crippen LogP contribution < -0.4 is 0 Å². The number of rotatable bonds is 1. The first-order chi connectivity index (χ1) is 8.24.